The maximum Gasteiger partial charge on any atom is 0.335 e. The number of carboxylic acids is 1. The van der Waals surface area contributed by atoms with E-state index in [1.807, 2.05) is 0 Å². The van der Waals surface area contributed by atoms with Crippen LogP contribution >= 0.6 is 0 Å². The molecule has 0 bridgehead atoms. The molecule has 20 heavy (non-hydrogen) atoms. The molecule has 1 heterocycles. The molecule has 0 aromatic heterocycles. The lowest BCUT2D eigenvalue weighted by Gasteiger charge is -2.22. The first-order valence-corrected chi connectivity index (χ1v) is 6.58. The fourth-order valence-corrected chi connectivity index (χ4v) is 2.73. The Kier molecular flexibility index (Phi) is 2.75. The molecule has 1 amide bonds. The molecule has 5 nitrogen and oxygen atoms in total. The van der Waals surface area contributed by atoms with Crippen molar-refractivity contribution in [2.24, 2.45) is 5.41 Å². The molecule has 1 fully saturated rings. The van der Waals surface area contributed by atoms with Gasteiger partial charge in [0, 0.05) is 24.1 Å². The zero-order chi connectivity index (χ0) is 14.3. The van der Waals surface area contributed by atoms with Crippen LogP contribution in [0.5, 0.6) is 0 Å². The van der Waals surface area contributed by atoms with Gasteiger partial charge in [-0.2, -0.15) is 5.26 Å². The molecule has 0 saturated heterocycles. The summed E-state index contributed by atoms with van der Waals surface area (Å²) in [5.41, 5.74) is 1.67. The molecule has 0 unspecified atom stereocenters. The van der Waals surface area contributed by atoms with Gasteiger partial charge in [0.2, 0.25) is 5.91 Å². The number of aromatic carboxylic acids is 1. The number of hydrogen-bond acceptors (Lipinski definition) is 3. The van der Waals surface area contributed by atoms with Gasteiger partial charge in [0.1, 0.15) is 0 Å². The van der Waals surface area contributed by atoms with Gasteiger partial charge in [-0.25, -0.2) is 4.79 Å². The molecular weight excluding hydrogens is 256 g/mol. The van der Waals surface area contributed by atoms with E-state index in [2.05, 4.69) is 6.07 Å². The van der Waals surface area contributed by atoms with Crippen LogP contribution in [0.1, 0.15) is 35.2 Å². The summed E-state index contributed by atoms with van der Waals surface area (Å²) in [6.45, 7) is 0.523. The minimum atomic E-state index is -0.995. The maximum absolute atomic E-state index is 12.1. The van der Waals surface area contributed by atoms with Crippen LogP contribution in [0.4, 0.5) is 5.69 Å². The van der Waals surface area contributed by atoms with Crippen LogP contribution in [0.15, 0.2) is 18.2 Å². The summed E-state index contributed by atoms with van der Waals surface area (Å²) in [5, 5.41) is 17.9. The van der Waals surface area contributed by atoms with Crippen LogP contribution in [-0.4, -0.2) is 23.5 Å². The number of fused-ring (bicyclic) bond motifs is 1. The molecule has 2 aliphatic rings. The first-order valence-electron chi connectivity index (χ1n) is 6.58. The summed E-state index contributed by atoms with van der Waals surface area (Å²) in [6, 6.07) is 6.98. The van der Waals surface area contributed by atoms with Crippen LogP contribution in [-0.2, 0) is 11.2 Å². The maximum atomic E-state index is 12.1. The lowest BCUT2D eigenvalue weighted by atomic mass is 10.0. The molecule has 102 valence electrons. The highest BCUT2D eigenvalue weighted by molar-refractivity contribution is 6.03. The number of nitriles is 1. The SMILES string of the molecule is N#CCC1(CN2C(=O)Cc3ccc(C(=O)O)cc32)CC1. The fourth-order valence-electron chi connectivity index (χ4n) is 2.73. The predicted molar refractivity (Wildman–Crippen MR) is 71.4 cm³/mol. The van der Waals surface area contributed by atoms with Gasteiger partial charge < -0.3 is 10.0 Å². The van der Waals surface area contributed by atoms with Crippen LogP contribution in [0, 0.1) is 16.7 Å². The van der Waals surface area contributed by atoms with E-state index < -0.39 is 5.97 Å². The standard InChI is InChI=1S/C15H14N2O3/c16-6-5-15(3-4-15)9-17-12-7-11(14(19)20)2-1-10(12)8-13(17)18/h1-2,7H,3-5,8-9H2,(H,19,20). The van der Waals surface area contributed by atoms with Crippen molar-refractivity contribution < 1.29 is 14.7 Å². The number of amides is 1. The Morgan fingerprint density at radius 3 is 2.80 bits per heavy atom. The van der Waals surface area contributed by atoms with E-state index in [4.69, 9.17) is 10.4 Å². The smallest absolute Gasteiger partial charge is 0.335 e. The molecule has 0 atom stereocenters. The third kappa shape index (κ3) is 2.03. The molecule has 1 aliphatic heterocycles. The Morgan fingerprint density at radius 1 is 1.45 bits per heavy atom. The lowest BCUT2D eigenvalue weighted by Crippen LogP contribution is -2.33. The Balaban J connectivity index is 1.91. The van der Waals surface area contributed by atoms with Crippen LogP contribution in [0.25, 0.3) is 0 Å². The van der Waals surface area contributed by atoms with Crippen molar-refractivity contribution >= 4 is 17.6 Å². The normalized spacial score (nSPS) is 18.6. The van der Waals surface area contributed by atoms with E-state index in [0.29, 0.717) is 25.1 Å². The molecule has 1 aliphatic carbocycles. The van der Waals surface area contributed by atoms with Gasteiger partial charge in [-0.1, -0.05) is 6.07 Å². The van der Waals surface area contributed by atoms with Crippen molar-refractivity contribution in [2.75, 3.05) is 11.4 Å². The summed E-state index contributed by atoms with van der Waals surface area (Å²) in [6.07, 6.45) is 2.68. The molecule has 3 rings (SSSR count). The molecule has 1 aromatic carbocycles. The highest BCUT2D eigenvalue weighted by atomic mass is 16.4. The fraction of sp³-hybridized carbons (Fsp3) is 0.400. The number of hydrogen-bond donors (Lipinski definition) is 1. The number of rotatable bonds is 4. The van der Waals surface area contributed by atoms with Gasteiger partial charge >= 0.3 is 5.97 Å². The summed E-state index contributed by atoms with van der Waals surface area (Å²) < 4.78 is 0. The zero-order valence-electron chi connectivity index (χ0n) is 10.9. The average Bonchev–Trinajstić information content (AvgIpc) is 3.09. The van der Waals surface area contributed by atoms with Crippen molar-refractivity contribution in [3.8, 4) is 6.07 Å². The predicted octanol–water partition coefficient (Wildman–Crippen LogP) is 1.97. The number of nitrogens with zero attached hydrogens (tertiary/aromatic N) is 2. The Morgan fingerprint density at radius 2 is 2.20 bits per heavy atom. The van der Waals surface area contributed by atoms with Crippen molar-refractivity contribution in [1.82, 2.24) is 0 Å². The van der Waals surface area contributed by atoms with Crippen molar-refractivity contribution in [3.63, 3.8) is 0 Å². The van der Waals surface area contributed by atoms with E-state index in [-0.39, 0.29) is 16.9 Å². The monoisotopic (exact) mass is 270 g/mol. The topological polar surface area (TPSA) is 81.4 Å². The number of benzene rings is 1. The second-order valence-corrected chi connectivity index (χ2v) is 5.64. The summed E-state index contributed by atoms with van der Waals surface area (Å²) in [5.74, 6) is -1.00. The van der Waals surface area contributed by atoms with Gasteiger partial charge in [-0.15, -0.1) is 0 Å². The summed E-state index contributed by atoms with van der Waals surface area (Å²) in [7, 11) is 0. The van der Waals surface area contributed by atoms with Gasteiger partial charge in [-0.05, 0) is 30.5 Å². The number of carboxylic acid groups (broad SMARTS) is 1. The minimum Gasteiger partial charge on any atom is -0.478 e. The van der Waals surface area contributed by atoms with Crippen LogP contribution in [0.3, 0.4) is 0 Å². The van der Waals surface area contributed by atoms with Gasteiger partial charge in [0.15, 0.2) is 0 Å². The van der Waals surface area contributed by atoms with Crippen molar-refractivity contribution in [1.29, 1.82) is 5.26 Å². The van der Waals surface area contributed by atoms with Crippen molar-refractivity contribution in [2.45, 2.75) is 25.7 Å². The van der Waals surface area contributed by atoms with Crippen LogP contribution < -0.4 is 4.90 Å². The van der Waals surface area contributed by atoms with E-state index in [1.165, 1.54) is 6.07 Å². The largest absolute Gasteiger partial charge is 0.478 e. The third-order valence-corrected chi connectivity index (χ3v) is 4.17. The average molecular weight is 270 g/mol. The highest BCUT2D eigenvalue weighted by Crippen LogP contribution is 2.50. The first kappa shape index (κ1) is 12.7. The molecular formula is C15H14N2O3. The first-order chi connectivity index (χ1) is 9.54. The molecule has 0 spiro atoms. The quantitative estimate of drug-likeness (QED) is 0.906. The second kappa shape index (κ2) is 4.34. The second-order valence-electron chi connectivity index (χ2n) is 5.64. The summed E-state index contributed by atoms with van der Waals surface area (Å²) in [4.78, 5) is 24.8. The Bertz CT molecular complexity index is 641. The van der Waals surface area contributed by atoms with Crippen molar-refractivity contribution in [3.05, 3.63) is 29.3 Å². The molecule has 0 radical (unpaired) electrons. The van der Waals surface area contributed by atoms with Gasteiger partial charge in [0.25, 0.3) is 0 Å². The molecule has 1 aromatic rings. The van der Waals surface area contributed by atoms with E-state index >= 15 is 0 Å². The third-order valence-electron chi connectivity index (χ3n) is 4.17. The van der Waals surface area contributed by atoms with Gasteiger partial charge in [0.05, 0.1) is 18.1 Å². The molecule has 1 saturated carbocycles. The number of anilines is 1. The number of carbonyl (C=O) groups is 2. The van der Waals surface area contributed by atoms with E-state index in [9.17, 15) is 9.59 Å². The summed E-state index contributed by atoms with van der Waals surface area (Å²) >= 11 is 0. The highest BCUT2D eigenvalue weighted by Gasteiger charge is 2.46. The molecule has 1 N–H and O–H groups in total. The van der Waals surface area contributed by atoms with Crippen LogP contribution in [0.2, 0.25) is 0 Å². The van der Waals surface area contributed by atoms with Gasteiger partial charge in [-0.3, -0.25) is 4.79 Å². The zero-order valence-corrected chi connectivity index (χ0v) is 10.9. The minimum absolute atomic E-state index is 0.00764. The van der Waals surface area contributed by atoms with E-state index in [0.717, 1.165) is 18.4 Å². The lowest BCUT2D eigenvalue weighted by molar-refractivity contribution is -0.117. The van der Waals surface area contributed by atoms with E-state index in [1.54, 1.807) is 17.0 Å². The molecule has 5 heteroatoms. The Hall–Kier alpha value is -2.35. The Labute approximate surface area is 116 Å². The number of carbonyl (C=O) groups excluding carboxylic acids is 1.